The minimum Gasteiger partial charge on any atom is -0.446 e. The number of carbonyl (C=O) groups is 1. The molecule has 2 aromatic carbocycles. The summed E-state index contributed by atoms with van der Waals surface area (Å²) in [4.78, 5) is 12.0. The van der Waals surface area contributed by atoms with Gasteiger partial charge in [0.05, 0.1) is 10.9 Å². The standard InChI is InChI=1S/C16H15NO4S/c18-16-17(22(19,20)15-9-5-2-6-10-15)14(12-21-16)11-13-7-3-1-4-8-13/h1-10,14H,11-12H2/t14-/m0/s1. The number of rotatable bonds is 4. The average molecular weight is 317 g/mol. The van der Waals surface area contributed by atoms with E-state index >= 15 is 0 Å². The maximum Gasteiger partial charge on any atom is 0.424 e. The second-order valence-corrected chi connectivity index (χ2v) is 6.85. The summed E-state index contributed by atoms with van der Waals surface area (Å²) in [5, 5.41) is 0. The Labute approximate surface area is 129 Å². The Morgan fingerprint density at radius 3 is 2.23 bits per heavy atom. The van der Waals surface area contributed by atoms with Crippen LogP contribution in [-0.4, -0.2) is 31.5 Å². The summed E-state index contributed by atoms with van der Waals surface area (Å²) in [5.41, 5.74) is 0.957. The Morgan fingerprint density at radius 1 is 1.00 bits per heavy atom. The molecule has 0 spiro atoms. The first-order valence-electron chi connectivity index (χ1n) is 6.89. The molecule has 1 aliphatic rings. The van der Waals surface area contributed by atoms with E-state index in [0.29, 0.717) is 6.42 Å². The normalized spacial score (nSPS) is 18.3. The Hall–Kier alpha value is -2.34. The molecular weight excluding hydrogens is 302 g/mol. The van der Waals surface area contributed by atoms with Gasteiger partial charge in [0.1, 0.15) is 6.61 Å². The molecule has 0 radical (unpaired) electrons. The molecule has 1 amide bonds. The fourth-order valence-corrected chi connectivity index (χ4v) is 3.98. The zero-order valence-corrected chi connectivity index (χ0v) is 12.6. The van der Waals surface area contributed by atoms with E-state index in [1.807, 2.05) is 30.3 Å². The van der Waals surface area contributed by atoms with Crippen LogP contribution in [0.25, 0.3) is 0 Å². The molecule has 1 saturated heterocycles. The molecule has 0 aromatic heterocycles. The van der Waals surface area contributed by atoms with Crippen LogP contribution in [0.15, 0.2) is 65.6 Å². The quantitative estimate of drug-likeness (QED) is 0.869. The highest BCUT2D eigenvalue weighted by Crippen LogP contribution is 2.25. The van der Waals surface area contributed by atoms with E-state index in [1.165, 1.54) is 12.1 Å². The zero-order valence-electron chi connectivity index (χ0n) is 11.8. The lowest BCUT2D eigenvalue weighted by Crippen LogP contribution is -2.40. The van der Waals surface area contributed by atoms with E-state index in [0.717, 1.165) is 9.87 Å². The minimum absolute atomic E-state index is 0.0692. The number of cyclic esters (lactones) is 1. The van der Waals surface area contributed by atoms with Crippen LogP contribution in [0, 0.1) is 0 Å². The lowest BCUT2D eigenvalue weighted by Gasteiger charge is -2.21. The van der Waals surface area contributed by atoms with Crippen molar-refractivity contribution in [2.45, 2.75) is 17.4 Å². The van der Waals surface area contributed by atoms with Crippen LogP contribution in [0.5, 0.6) is 0 Å². The highest BCUT2D eigenvalue weighted by Gasteiger charge is 2.42. The third-order valence-electron chi connectivity index (χ3n) is 3.52. The Bertz CT molecular complexity index is 759. The van der Waals surface area contributed by atoms with Crippen LogP contribution in [0.2, 0.25) is 0 Å². The van der Waals surface area contributed by atoms with Crippen molar-refractivity contribution < 1.29 is 17.9 Å². The first-order valence-corrected chi connectivity index (χ1v) is 8.33. The smallest absolute Gasteiger partial charge is 0.424 e. The van der Waals surface area contributed by atoms with Gasteiger partial charge >= 0.3 is 6.09 Å². The maximum atomic E-state index is 12.7. The zero-order chi connectivity index (χ0) is 15.6. The molecule has 114 valence electrons. The summed E-state index contributed by atoms with van der Waals surface area (Å²) in [6.07, 6.45) is -0.386. The molecular formula is C16H15NO4S. The van der Waals surface area contributed by atoms with Crippen molar-refractivity contribution in [3.8, 4) is 0 Å². The summed E-state index contributed by atoms with van der Waals surface area (Å²) < 4.78 is 31.2. The van der Waals surface area contributed by atoms with Crippen LogP contribution in [-0.2, 0) is 21.2 Å². The molecule has 1 fully saturated rings. The molecule has 0 aliphatic carbocycles. The van der Waals surface area contributed by atoms with Gasteiger partial charge in [-0.3, -0.25) is 0 Å². The van der Waals surface area contributed by atoms with Crippen molar-refractivity contribution in [3.05, 3.63) is 66.2 Å². The van der Waals surface area contributed by atoms with E-state index in [-0.39, 0.29) is 11.5 Å². The van der Waals surface area contributed by atoms with Gasteiger partial charge in [0.25, 0.3) is 10.0 Å². The minimum atomic E-state index is -3.90. The average Bonchev–Trinajstić information content (AvgIpc) is 2.90. The third-order valence-corrected chi connectivity index (χ3v) is 5.36. The second kappa shape index (κ2) is 5.81. The number of carbonyl (C=O) groups excluding carboxylic acids is 1. The van der Waals surface area contributed by atoms with E-state index in [1.54, 1.807) is 18.2 Å². The van der Waals surface area contributed by atoms with E-state index in [9.17, 15) is 13.2 Å². The third kappa shape index (κ3) is 2.69. The van der Waals surface area contributed by atoms with Crippen LogP contribution in [0.4, 0.5) is 4.79 Å². The van der Waals surface area contributed by atoms with Gasteiger partial charge < -0.3 is 4.74 Å². The number of ether oxygens (including phenoxy) is 1. The summed E-state index contributed by atoms with van der Waals surface area (Å²) in [7, 11) is -3.90. The number of hydrogen-bond acceptors (Lipinski definition) is 4. The van der Waals surface area contributed by atoms with Crippen molar-refractivity contribution in [1.82, 2.24) is 4.31 Å². The van der Waals surface area contributed by atoms with E-state index in [4.69, 9.17) is 4.74 Å². The Morgan fingerprint density at radius 2 is 1.59 bits per heavy atom. The van der Waals surface area contributed by atoms with Crippen LogP contribution in [0.3, 0.4) is 0 Å². The van der Waals surface area contributed by atoms with Gasteiger partial charge in [-0.15, -0.1) is 0 Å². The predicted octanol–water partition coefficient (Wildman–Crippen LogP) is 2.44. The number of benzene rings is 2. The predicted molar refractivity (Wildman–Crippen MR) is 80.7 cm³/mol. The number of hydrogen-bond donors (Lipinski definition) is 0. The summed E-state index contributed by atoms with van der Waals surface area (Å²) in [6, 6.07) is 16.8. The summed E-state index contributed by atoms with van der Waals surface area (Å²) >= 11 is 0. The Kier molecular flexibility index (Phi) is 3.85. The molecule has 0 N–H and O–H groups in total. The van der Waals surface area contributed by atoms with E-state index < -0.39 is 22.2 Å². The molecule has 0 unspecified atom stereocenters. The van der Waals surface area contributed by atoms with Crippen molar-refractivity contribution >= 4 is 16.1 Å². The van der Waals surface area contributed by atoms with Gasteiger partial charge in [-0.2, -0.15) is 4.31 Å². The van der Waals surface area contributed by atoms with Crippen LogP contribution < -0.4 is 0 Å². The van der Waals surface area contributed by atoms with Crippen molar-refractivity contribution in [2.24, 2.45) is 0 Å². The highest BCUT2D eigenvalue weighted by molar-refractivity contribution is 7.89. The number of amides is 1. The molecule has 2 aromatic rings. The van der Waals surface area contributed by atoms with E-state index in [2.05, 4.69) is 0 Å². The molecule has 3 rings (SSSR count). The number of nitrogens with zero attached hydrogens (tertiary/aromatic N) is 1. The maximum absolute atomic E-state index is 12.7. The monoisotopic (exact) mass is 317 g/mol. The van der Waals surface area contributed by atoms with Crippen molar-refractivity contribution in [1.29, 1.82) is 0 Å². The fraction of sp³-hybridized carbons (Fsp3) is 0.188. The second-order valence-electron chi connectivity index (χ2n) is 5.03. The lowest BCUT2D eigenvalue weighted by molar-refractivity contribution is 0.170. The van der Waals surface area contributed by atoms with Gasteiger partial charge in [0, 0.05) is 0 Å². The van der Waals surface area contributed by atoms with Gasteiger partial charge in [-0.25, -0.2) is 13.2 Å². The van der Waals surface area contributed by atoms with Crippen LogP contribution in [0.1, 0.15) is 5.56 Å². The van der Waals surface area contributed by atoms with Gasteiger partial charge in [0.2, 0.25) is 0 Å². The SMILES string of the molecule is O=C1OC[C@H](Cc2ccccc2)N1S(=O)(=O)c1ccccc1. The highest BCUT2D eigenvalue weighted by atomic mass is 32.2. The molecule has 22 heavy (non-hydrogen) atoms. The molecule has 0 bridgehead atoms. The summed E-state index contributed by atoms with van der Waals surface area (Å²) in [6.45, 7) is 0.0692. The molecule has 6 heteroatoms. The summed E-state index contributed by atoms with van der Waals surface area (Å²) in [5.74, 6) is 0. The molecule has 1 atom stereocenters. The fourth-order valence-electron chi connectivity index (χ4n) is 2.48. The first kappa shape index (κ1) is 14.6. The topological polar surface area (TPSA) is 63.7 Å². The molecule has 1 heterocycles. The molecule has 5 nitrogen and oxygen atoms in total. The lowest BCUT2D eigenvalue weighted by atomic mass is 10.1. The first-order chi connectivity index (χ1) is 10.6. The van der Waals surface area contributed by atoms with Gasteiger partial charge in [-0.05, 0) is 24.1 Å². The largest absolute Gasteiger partial charge is 0.446 e. The van der Waals surface area contributed by atoms with Gasteiger partial charge in [-0.1, -0.05) is 48.5 Å². The van der Waals surface area contributed by atoms with Crippen molar-refractivity contribution in [3.63, 3.8) is 0 Å². The molecule has 1 aliphatic heterocycles. The van der Waals surface area contributed by atoms with Crippen molar-refractivity contribution in [2.75, 3.05) is 6.61 Å². The van der Waals surface area contributed by atoms with Gasteiger partial charge in [0.15, 0.2) is 0 Å². The Balaban J connectivity index is 1.91. The van der Waals surface area contributed by atoms with Crippen LogP contribution >= 0.6 is 0 Å². The number of sulfonamides is 1. The molecule has 0 saturated carbocycles.